The minimum absolute atomic E-state index is 0.235. The Hall–Kier alpha value is -1.03. The van der Waals surface area contributed by atoms with E-state index in [1.807, 2.05) is 20.8 Å². The smallest absolute Gasteiger partial charge is 0.310 e. The third kappa shape index (κ3) is 4.34. The highest BCUT2D eigenvalue weighted by molar-refractivity contribution is 7.80. The van der Waals surface area contributed by atoms with E-state index in [4.69, 9.17) is 4.74 Å². The lowest BCUT2D eigenvalue weighted by Gasteiger charge is -2.19. The number of carbonyl (C=O) groups is 1. The van der Waals surface area contributed by atoms with E-state index in [2.05, 4.69) is 17.6 Å². The van der Waals surface area contributed by atoms with Crippen LogP contribution in [0.3, 0.4) is 0 Å². The summed E-state index contributed by atoms with van der Waals surface area (Å²) in [4.78, 5) is 16.1. The summed E-state index contributed by atoms with van der Waals surface area (Å²) in [6.45, 7) is 5.54. The Kier molecular flexibility index (Phi) is 3.74. The van der Waals surface area contributed by atoms with Crippen molar-refractivity contribution in [1.82, 2.24) is 4.98 Å². The molecule has 1 heterocycles. The Morgan fingerprint density at radius 1 is 1.53 bits per heavy atom. The number of hydrogen-bond acceptors (Lipinski definition) is 4. The lowest BCUT2D eigenvalue weighted by molar-refractivity contribution is -0.153. The van der Waals surface area contributed by atoms with E-state index in [9.17, 15) is 4.79 Å². The van der Waals surface area contributed by atoms with Crippen LogP contribution in [0.15, 0.2) is 23.4 Å². The molecular formula is C11H15NO2S. The van der Waals surface area contributed by atoms with Crippen molar-refractivity contribution >= 4 is 18.6 Å². The first-order valence-corrected chi connectivity index (χ1v) is 5.17. The number of carbonyl (C=O) groups excluding carboxylic acids is 1. The second-order valence-electron chi connectivity index (χ2n) is 4.27. The van der Waals surface area contributed by atoms with E-state index in [1.54, 1.807) is 18.5 Å². The van der Waals surface area contributed by atoms with Gasteiger partial charge in [-0.25, -0.2) is 0 Å². The van der Waals surface area contributed by atoms with E-state index in [0.29, 0.717) is 4.90 Å². The highest BCUT2D eigenvalue weighted by atomic mass is 32.1. The lowest BCUT2D eigenvalue weighted by Crippen LogP contribution is -2.25. The molecule has 0 aromatic carbocycles. The normalized spacial score (nSPS) is 11.2. The van der Waals surface area contributed by atoms with Crippen LogP contribution >= 0.6 is 12.6 Å². The number of hydrogen-bond donors (Lipinski definition) is 1. The number of esters is 1. The zero-order chi connectivity index (χ0) is 11.5. The average molecular weight is 225 g/mol. The van der Waals surface area contributed by atoms with Crippen LogP contribution < -0.4 is 0 Å². The molecule has 0 aliphatic rings. The molecule has 3 nitrogen and oxygen atoms in total. The van der Waals surface area contributed by atoms with Gasteiger partial charge in [0.2, 0.25) is 0 Å². The van der Waals surface area contributed by atoms with Gasteiger partial charge in [-0.3, -0.25) is 9.78 Å². The zero-order valence-corrected chi connectivity index (χ0v) is 10.0. The Morgan fingerprint density at radius 2 is 2.20 bits per heavy atom. The van der Waals surface area contributed by atoms with Crippen LogP contribution in [0, 0.1) is 0 Å². The first-order valence-electron chi connectivity index (χ1n) is 4.72. The third-order valence-electron chi connectivity index (χ3n) is 1.64. The van der Waals surface area contributed by atoms with Crippen molar-refractivity contribution < 1.29 is 9.53 Å². The predicted molar refractivity (Wildman–Crippen MR) is 61.0 cm³/mol. The molecule has 15 heavy (non-hydrogen) atoms. The molecule has 0 amide bonds. The molecule has 0 bridgehead atoms. The molecule has 1 aromatic heterocycles. The quantitative estimate of drug-likeness (QED) is 0.620. The molecule has 1 rings (SSSR count). The molecule has 0 aliphatic carbocycles. The Balaban J connectivity index is 2.64. The maximum absolute atomic E-state index is 11.5. The first kappa shape index (κ1) is 12.0. The second kappa shape index (κ2) is 4.66. The molecule has 1 aromatic rings. The molecule has 4 heteroatoms. The van der Waals surface area contributed by atoms with E-state index in [1.165, 1.54) is 0 Å². The highest BCUT2D eigenvalue weighted by Crippen LogP contribution is 2.14. The van der Waals surface area contributed by atoms with Crippen molar-refractivity contribution in [2.75, 3.05) is 0 Å². The highest BCUT2D eigenvalue weighted by Gasteiger charge is 2.17. The van der Waals surface area contributed by atoms with E-state index < -0.39 is 5.60 Å². The van der Waals surface area contributed by atoms with Crippen molar-refractivity contribution in [2.45, 2.75) is 37.7 Å². The molecule has 82 valence electrons. The van der Waals surface area contributed by atoms with Crippen molar-refractivity contribution in [2.24, 2.45) is 0 Å². The van der Waals surface area contributed by atoms with Crippen molar-refractivity contribution in [3.05, 3.63) is 24.0 Å². The van der Waals surface area contributed by atoms with Crippen LogP contribution in [0.25, 0.3) is 0 Å². The number of pyridine rings is 1. The molecule has 0 spiro atoms. The Labute approximate surface area is 95.3 Å². The number of thiol groups is 1. The van der Waals surface area contributed by atoms with Crippen molar-refractivity contribution in [1.29, 1.82) is 0 Å². The monoisotopic (exact) mass is 225 g/mol. The van der Waals surface area contributed by atoms with Gasteiger partial charge in [0.05, 0.1) is 6.42 Å². The fraction of sp³-hybridized carbons (Fsp3) is 0.455. The number of ether oxygens (including phenoxy) is 1. The molecule has 0 saturated heterocycles. The van der Waals surface area contributed by atoms with Crippen LogP contribution in [-0.2, 0) is 16.0 Å². The maximum atomic E-state index is 11.5. The number of aromatic nitrogens is 1. The van der Waals surface area contributed by atoms with Crippen LogP contribution in [0.5, 0.6) is 0 Å². The summed E-state index contributed by atoms with van der Waals surface area (Å²) in [5.41, 5.74) is 0.392. The first-order chi connectivity index (χ1) is 6.88. The summed E-state index contributed by atoms with van der Waals surface area (Å²) in [6.07, 6.45) is 3.49. The van der Waals surface area contributed by atoms with E-state index in [-0.39, 0.29) is 12.4 Å². The van der Waals surface area contributed by atoms with Crippen molar-refractivity contribution in [3.63, 3.8) is 0 Å². The van der Waals surface area contributed by atoms with E-state index in [0.717, 1.165) is 5.56 Å². The zero-order valence-electron chi connectivity index (χ0n) is 9.15. The van der Waals surface area contributed by atoms with Crippen LogP contribution in [0.1, 0.15) is 26.3 Å². The number of nitrogens with zero attached hydrogens (tertiary/aromatic N) is 1. The van der Waals surface area contributed by atoms with Gasteiger partial charge in [0.1, 0.15) is 5.60 Å². The molecule has 0 fully saturated rings. The largest absolute Gasteiger partial charge is 0.460 e. The molecule has 0 aliphatic heterocycles. The van der Waals surface area contributed by atoms with Gasteiger partial charge in [-0.05, 0) is 32.4 Å². The Bertz CT molecular complexity index is 358. The summed E-state index contributed by atoms with van der Waals surface area (Å²) in [5.74, 6) is -0.246. The molecule has 0 unspecified atom stereocenters. The van der Waals surface area contributed by atoms with Crippen molar-refractivity contribution in [3.8, 4) is 0 Å². The second-order valence-corrected chi connectivity index (χ2v) is 4.75. The summed E-state index contributed by atoms with van der Waals surface area (Å²) >= 11 is 4.21. The van der Waals surface area contributed by atoms with Gasteiger partial charge in [-0.1, -0.05) is 0 Å². The van der Waals surface area contributed by atoms with Crippen LogP contribution in [0.2, 0.25) is 0 Å². The third-order valence-corrected chi connectivity index (χ3v) is 2.05. The predicted octanol–water partition coefficient (Wildman–Crippen LogP) is 2.25. The molecule has 0 radical (unpaired) electrons. The van der Waals surface area contributed by atoms with Gasteiger partial charge in [0.15, 0.2) is 0 Å². The molecule has 0 atom stereocenters. The van der Waals surface area contributed by atoms with E-state index >= 15 is 0 Å². The maximum Gasteiger partial charge on any atom is 0.310 e. The fourth-order valence-corrected chi connectivity index (χ4v) is 1.32. The molecule has 0 N–H and O–H groups in total. The van der Waals surface area contributed by atoms with Crippen LogP contribution in [-0.4, -0.2) is 16.6 Å². The summed E-state index contributed by atoms with van der Waals surface area (Å²) in [5, 5.41) is 0. The summed E-state index contributed by atoms with van der Waals surface area (Å²) in [6, 6.07) is 1.77. The van der Waals surface area contributed by atoms with Gasteiger partial charge in [0.25, 0.3) is 0 Å². The molecular weight excluding hydrogens is 210 g/mol. The fourth-order valence-electron chi connectivity index (χ4n) is 1.10. The Morgan fingerprint density at radius 3 is 2.73 bits per heavy atom. The van der Waals surface area contributed by atoms with Gasteiger partial charge in [0, 0.05) is 17.3 Å². The topological polar surface area (TPSA) is 39.2 Å². The van der Waals surface area contributed by atoms with Crippen LogP contribution in [0.4, 0.5) is 0 Å². The van der Waals surface area contributed by atoms with Gasteiger partial charge in [-0.2, -0.15) is 0 Å². The summed E-state index contributed by atoms with van der Waals surface area (Å²) in [7, 11) is 0. The minimum atomic E-state index is -0.444. The lowest BCUT2D eigenvalue weighted by atomic mass is 10.1. The summed E-state index contributed by atoms with van der Waals surface area (Å²) < 4.78 is 5.20. The number of rotatable bonds is 2. The average Bonchev–Trinajstić information content (AvgIpc) is 2.05. The van der Waals surface area contributed by atoms with Gasteiger partial charge < -0.3 is 4.74 Å². The molecule has 0 saturated carbocycles. The van der Waals surface area contributed by atoms with Gasteiger partial charge >= 0.3 is 5.97 Å². The SMILES string of the molecule is CC(C)(C)OC(=O)Cc1ccncc1S. The van der Waals surface area contributed by atoms with Gasteiger partial charge in [-0.15, -0.1) is 12.6 Å². The standard InChI is InChI=1S/C11H15NO2S/c1-11(2,3)14-10(13)6-8-4-5-12-7-9(8)15/h4-5,7,15H,6H2,1-3H3. The minimum Gasteiger partial charge on any atom is -0.460 e.